The van der Waals surface area contributed by atoms with Crippen LogP contribution in [0.4, 0.5) is 0 Å². The van der Waals surface area contributed by atoms with Gasteiger partial charge in [-0.3, -0.25) is 0 Å². The van der Waals surface area contributed by atoms with Crippen molar-refractivity contribution >= 4 is 11.6 Å². The lowest BCUT2D eigenvalue weighted by Gasteiger charge is -2.16. The van der Waals surface area contributed by atoms with Gasteiger partial charge in [-0.2, -0.15) is 0 Å². The molecule has 0 amide bonds. The third-order valence-corrected chi connectivity index (χ3v) is 3.30. The Labute approximate surface area is 116 Å². The summed E-state index contributed by atoms with van der Waals surface area (Å²) >= 11 is 6.01. The van der Waals surface area contributed by atoms with E-state index in [1.165, 1.54) is 12.8 Å². The summed E-state index contributed by atoms with van der Waals surface area (Å²) in [6.45, 7) is 7.53. The lowest BCUT2D eigenvalue weighted by molar-refractivity contribution is 0.402. The van der Waals surface area contributed by atoms with E-state index in [0.717, 1.165) is 28.8 Å². The molecule has 1 unspecified atom stereocenters. The predicted molar refractivity (Wildman–Crippen MR) is 78.4 cm³/mol. The normalized spacial score (nSPS) is 12.8. The number of rotatable bonds is 7. The molecule has 0 saturated heterocycles. The minimum absolute atomic E-state index is 0.510. The SMILES string of the molecule is COc1ccc(Cl)cc1CNC(C)CCC(C)C. The Bertz CT molecular complexity index is 366. The molecule has 0 aliphatic carbocycles. The second-order valence-corrected chi connectivity index (χ2v) is 5.65. The lowest BCUT2D eigenvalue weighted by Crippen LogP contribution is -2.26. The smallest absolute Gasteiger partial charge is 0.123 e. The van der Waals surface area contributed by atoms with Crippen LogP contribution in [0.5, 0.6) is 5.75 Å². The number of benzene rings is 1. The molecule has 0 aliphatic heterocycles. The van der Waals surface area contributed by atoms with Gasteiger partial charge in [-0.05, 0) is 43.9 Å². The van der Waals surface area contributed by atoms with Crippen molar-refractivity contribution in [2.45, 2.75) is 46.2 Å². The highest BCUT2D eigenvalue weighted by atomic mass is 35.5. The second kappa shape index (κ2) is 7.65. The van der Waals surface area contributed by atoms with Gasteiger partial charge in [-0.15, -0.1) is 0 Å². The van der Waals surface area contributed by atoms with Gasteiger partial charge in [-0.25, -0.2) is 0 Å². The topological polar surface area (TPSA) is 21.3 Å². The molecule has 1 aromatic rings. The molecule has 102 valence electrons. The maximum absolute atomic E-state index is 6.01. The molecule has 0 aromatic heterocycles. The first-order valence-corrected chi connectivity index (χ1v) is 6.96. The van der Waals surface area contributed by atoms with E-state index >= 15 is 0 Å². The molecule has 1 aromatic carbocycles. The molecule has 2 nitrogen and oxygen atoms in total. The predicted octanol–water partition coefficient (Wildman–Crippen LogP) is 4.26. The van der Waals surface area contributed by atoms with Crippen molar-refractivity contribution in [2.75, 3.05) is 7.11 Å². The van der Waals surface area contributed by atoms with Gasteiger partial charge in [-0.1, -0.05) is 25.4 Å². The summed E-state index contributed by atoms with van der Waals surface area (Å²) in [6.07, 6.45) is 2.45. The van der Waals surface area contributed by atoms with Crippen LogP contribution >= 0.6 is 11.6 Å². The van der Waals surface area contributed by atoms with E-state index < -0.39 is 0 Å². The van der Waals surface area contributed by atoms with E-state index in [-0.39, 0.29) is 0 Å². The highest BCUT2D eigenvalue weighted by Crippen LogP contribution is 2.22. The number of nitrogens with one attached hydrogen (secondary N) is 1. The van der Waals surface area contributed by atoms with Crippen LogP contribution in [0.3, 0.4) is 0 Å². The minimum Gasteiger partial charge on any atom is -0.496 e. The molecular formula is C15H24ClNO. The zero-order chi connectivity index (χ0) is 13.5. The average molecular weight is 270 g/mol. The van der Waals surface area contributed by atoms with E-state index in [1.54, 1.807) is 7.11 Å². The Kier molecular flexibility index (Phi) is 6.51. The molecule has 0 bridgehead atoms. The Morgan fingerprint density at radius 1 is 1.22 bits per heavy atom. The van der Waals surface area contributed by atoms with Gasteiger partial charge < -0.3 is 10.1 Å². The molecule has 1 atom stereocenters. The van der Waals surface area contributed by atoms with Gasteiger partial charge in [0, 0.05) is 23.2 Å². The fraction of sp³-hybridized carbons (Fsp3) is 0.600. The summed E-state index contributed by atoms with van der Waals surface area (Å²) in [6, 6.07) is 6.24. The van der Waals surface area contributed by atoms with Crippen molar-refractivity contribution in [3.8, 4) is 5.75 Å². The molecule has 0 saturated carbocycles. The fourth-order valence-corrected chi connectivity index (χ4v) is 2.05. The number of ether oxygens (including phenoxy) is 1. The maximum atomic E-state index is 6.01. The van der Waals surface area contributed by atoms with Crippen molar-refractivity contribution in [3.05, 3.63) is 28.8 Å². The van der Waals surface area contributed by atoms with Gasteiger partial charge in [0.2, 0.25) is 0 Å². The molecule has 0 spiro atoms. The van der Waals surface area contributed by atoms with Crippen LogP contribution in [0.2, 0.25) is 5.02 Å². The standard InChI is InChI=1S/C15H24ClNO/c1-11(2)5-6-12(3)17-10-13-9-14(16)7-8-15(13)18-4/h7-9,11-12,17H,5-6,10H2,1-4H3. The van der Waals surface area contributed by atoms with Crippen LogP contribution in [0, 0.1) is 5.92 Å². The van der Waals surface area contributed by atoms with Crippen molar-refractivity contribution in [2.24, 2.45) is 5.92 Å². The van der Waals surface area contributed by atoms with Crippen molar-refractivity contribution < 1.29 is 4.74 Å². The van der Waals surface area contributed by atoms with Crippen LogP contribution in [0.15, 0.2) is 18.2 Å². The monoisotopic (exact) mass is 269 g/mol. The molecule has 1 rings (SSSR count). The quantitative estimate of drug-likeness (QED) is 0.798. The van der Waals surface area contributed by atoms with Crippen LogP contribution in [0.1, 0.15) is 39.2 Å². The third kappa shape index (κ3) is 5.28. The third-order valence-electron chi connectivity index (χ3n) is 3.06. The van der Waals surface area contributed by atoms with Gasteiger partial charge in [0.25, 0.3) is 0 Å². The molecule has 3 heteroatoms. The molecular weight excluding hydrogens is 246 g/mol. The summed E-state index contributed by atoms with van der Waals surface area (Å²) < 4.78 is 5.33. The maximum Gasteiger partial charge on any atom is 0.123 e. The fourth-order valence-electron chi connectivity index (χ4n) is 1.85. The number of methoxy groups -OCH3 is 1. The van der Waals surface area contributed by atoms with Crippen molar-refractivity contribution in [3.63, 3.8) is 0 Å². The summed E-state index contributed by atoms with van der Waals surface area (Å²) in [5, 5.41) is 4.27. The Balaban J connectivity index is 2.49. The van der Waals surface area contributed by atoms with E-state index in [0.29, 0.717) is 6.04 Å². The van der Waals surface area contributed by atoms with Crippen molar-refractivity contribution in [1.82, 2.24) is 5.32 Å². The largest absolute Gasteiger partial charge is 0.496 e. The zero-order valence-corrected chi connectivity index (χ0v) is 12.6. The number of hydrogen-bond donors (Lipinski definition) is 1. The van der Waals surface area contributed by atoms with Crippen LogP contribution in [0.25, 0.3) is 0 Å². The van der Waals surface area contributed by atoms with Gasteiger partial charge in [0.05, 0.1) is 7.11 Å². The van der Waals surface area contributed by atoms with Gasteiger partial charge in [0.15, 0.2) is 0 Å². The summed E-state index contributed by atoms with van der Waals surface area (Å²) in [7, 11) is 1.69. The number of hydrogen-bond acceptors (Lipinski definition) is 2. The van der Waals surface area contributed by atoms with Crippen LogP contribution < -0.4 is 10.1 Å². The van der Waals surface area contributed by atoms with E-state index in [2.05, 4.69) is 26.1 Å². The Morgan fingerprint density at radius 3 is 2.56 bits per heavy atom. The molecule has 0 fully saturated rings. The summed E-state index contributed by atoms with van der Waals surface area (Å²) in [4.78, 5) is 0. The minimum atomic E-state index is 0.510. The first-order valence-electron chi connectivity index (χ1n) is 6.58. The molecule has 0 heterocycles. The Hall–Kier alpha value is -0.730. The first kappa shape index (κ1) is 15.3. The highest BCUT2D eigenvalue weighted by molar-refractivity contribution is 6.30. The Morgan fingerprint density at radius 2 is 1.94 bits per heavy atom. The number of halogens is 1. The van der Waals surface area contributed by atoms with Crippen LogP contribution in [-0.2, 0) is 6.54 Å². The van der Waals surface area contributed by atoms with E-state index in [1.807, 2.05) is 18.2 Å². The molecule has 0 aliphatic rings. The van der Waals surface area contributed by atoms with E-state index in [9.17, 15) is 0 Å². The second-order valence-electron chi connectivity index (χ2n) is 5.21. The van der Waals surface area contributed by atoms with Crippen molar-refractivity contribution in [1.29, 1.82) is 0 Å². The lowest BCUT2D eigenvalue weighted by atomic mass is 10.0. The molecule has 0 radical (unpaired) electrons. The van der Waals surface area contributed by atoms with Gasteiger partial charge >= 0.3 is 0 Å². The first-order chi connectivity index (χ1) is 8.52. The van der Waals surface area contributed by atoms with Crippen LogP contribution in [-0.4, -0.2) is 13.2 Å². The average Bonchev–Trinajstić information content (AvgIpc) is 2.34. The summed E-state index contributed by atoms with van der Waals surface area (Å²) in [5.74, 6) is 1.65. The molecule has 18 heavy (non-hydrogen) atoms. The summed E-state index contributed by atoms with van der Waals surface area (Å²) in [5.41, 5.74) is 1.11. The molecule has 1 N–H and O–H groups in total. The van der Waals surface area contributed by atoms with E-state index in [4.69, 9.17) is 16.3 Å². The van der Waals surface area contributed by atoms with Gasteiger partial charge in [0.1, 0.15) is 5.75 Å². The zero-order valence-electron chi connectivity index (χ0n) is 11.8. The highest BCUT2D eigenvalue weighted by Gasteiger charge is 2.07.